The third kappa shape index (κ3) is 5.66. The highest BCUT2D eigenvalue weighted by Gasteiger charge is 2.54. The van der Waals surface area contributed by atoms with Crippen molar-refractivity contribution in [2.45, 2.75) is 46.0 Å². The molecule has 2 aromatic heterocycles. The number of thiazole rings is 1. The molecule has 1 saturated heterocycles. The molecular formula is C29H38N8O3S. The van der Waals surface area contributed by atoms with Crippen LogP contribution in [-0.2, 0) is 9.59 Å². The van der Waals surface area contributed by atoms with E-state index >= 15 is 0 Å². The Kier molecular flexibility index (Phi) is 7.43. The molecule has 11 nitrogen and oxygen atoms in total. The van der Waals surface area contributed by atoms with Crippen molar-refractivity contribution in [3.63, 3.8) is 0 Å². The Morgan fingerprint density at radius 2 is 1.93 bits per heavy atom. The van der Waals surface area contributed by atoms with Gasteiger partial charge in [-0.1, -0.05) is 13.8 Å². The van der Waals surface area contributed by atoms with E-state index < -0.39 is 5.97 Å². The quantitative estimate of drug-likeness (QED) is 0.380. The number of carboxylic acid groups (broad SMARTS) is 1. The van der Waals surface area contributed by atoms with Crippen LogP contribution >= 0.6 is 11.3 Å². The maximum atomic E-state index is 12.5. The number of hydrogen-bond acceptors (Lipinski definition) is 10. The monoisotopic (exact) mass is 578 g/mol. The number of carboxylic acids is 1. The molecular weight excluding hydrogens is 540 g/mol. The molecule has 2 N–H and O–H groups in total. The van der Waals surface area contributed by atoms with Crippen molar-refractivity contribution in [3.8, 4) is 0 Å². The molecule has 0 spiro atoms. The third-order valence-electron chi connectivity index (χ3n) is 9.52. The van der Waals surface area contributed by atoms with Crippen LogP contribution < -0.4 is 15.1 Å². The number of aromatic nitrogens is 4. The number of aliphatic carboxylic acids is 1. The summed E-state index contributed by atoms with van der Waals surface area (Å²) in [6.07, 6.45) is 3.75. The van der Waals surface area contributed by atoms with Crippen molar-refractivity contribution in [3.05, 3.63) is 23.7 Å². The molecule has 3 aromatic rings. The number of nitrogens with one attached hydrogen (secondary N) is 1. The number of rotatable bonds is 9. The first kappa shape index (κ1) is 27.6. The summed E-state index contributed by atoms with van der Waals surface area (Å²) in [6.45, 7) is 7.89. The summed E-state index contributed by atoms with van der Waals surface area (Å²) >= 11 is 1.59. The summed E-state index contributed by atoms with van der Waals surface area (Å²) in [6, 6.07) is 6.02. The number of anilines is 4. The zero-order chi connectivity index (χ0) is 28.7. The molecule has 4 aliphatic rings. The van der Waals surface area contributed by atoms with Crippen LogP contribution in [0.25, 0.3) is 10.2 Å². The average molecular weight is 579 g/mol. The van der Waals surface area contributed by atoms with Crippen molar-refractivity contribution in [2.24, 2.45) is 23.2 Å². The number of amides is 1. The molecule has 1 amide bonds. The fourth-order valence-electron chi connectivity index (χ4n) is 6.93. The maximum Gasteiger partial charge on any atom is 0.303 e. The van der Waals surface area contributed by atoms with Crippen LogP contribution in [0.2, 0.25) is 0 Å². The summed E-state index contributed by atoms with van der Waals surface area (Å²) in [5.41, 5.74) is 4.10. The average Bonchev–Trinajstić information content (AvgIpc) is 3.44. The van der Waals surface area contributed by atoms with Crippen LogP contribution in [-0.4, -0.2) is 81.6 Å². The third-order valence-corrected chi connectivity index (χ3v) is 10.3. The summed E-state index contributed by atoms with van der Waals surface area (Å²) < 4.78 is 1.09. The van der Waals surface area contributed by atoms with Gasteiger partial charge in [-0.3, -0.25) is 9.59 Å². The Bertz CT molecular complexity index is 1430. The van der Waals surface area contributed by atoms with E-state index in [0.29, 0.717) is 55.4 Å². The van der Waals surface area contributed by atoms with Gasteiger partial charge in [-0.05, 0) is 60.6 Å². The minimum Gasteiger partial charge on any atom is -0.481 e. The lowest BCUT2D eigenvalue weighted by atomic mass is 9.45. The van der Waals surface area contributed by atoms with E-state index in [9.17, 15) is 9.59 Å². The van der Waals surface area contributed by atoms with Crippen molar-refractivity contribution in [1.29, 1.82) is 0 Å². The van der Waals surface area contributed by atoms with Crippen molar-refractivity contribution >= 4 is 57.0 Å². The molecule has 4 fully saturated rings. The fourth-order valence-corrected chi connectivity index (χ4v) is 7.64. The van der Waals surface area contributed by atoms with Crippen LogP contribution in [0.1, 0.15) is 46.0 Å². The van der Waals surface area contributed by atoms with Crippen LogP contribution in [0, 0.1) is 23.2 Å². The van der Waals surface area contributed by atoms with Gasteiger partial charge in [-0.25, -0.2) is 4.98 Å². The molecule has 41 heavy (non-hydrogen) atoms. The number of piperazine rings is 1. The summed E-state index contributed by atoms with van der Waals surface area (Å²) in [5.74, 6) is 2.82. The van der Waals surface area contributed by atoms with E-state index in [4.69, 9.17) is 20.1 Å². The second kappa shape index (κ2) is 11.0. The van der Waals surface area contributed by atoms with Gasteiger partial charge in [0.05, 0.1) is 22.1 Å². The zero-order valence-electron chi connectivity index (χ0n) is 23.9. The molecule has 1 aliphatic heterocycles. The minimum atomic E-state index is -0.956. The molecule has 3 atom stereocenters. The summed E-state index contributed by atoms with van der Waals surface area (Å²) in [5, 5.41) is 12.3. The normalized spacial score (nSPS) is 23.2. The minimum absolute atomic E-state index is 0.0217. The van der Waals surface area contributed by atoms with Crippen molar-refractivity contribution in [1.82, 2.24) is 24.8 Å². The smallest absolute Gasteiger partial charge is 0.303 e. The topological polar surface area (TPSA) is 128 Å². The van der Waals surface area contributed by atoms with Gasteiger partial charge in [0.25, 0.3) is 0 Å². The Hall–Kier alpha value is -3.54. The van der Waals surface area contributed by atoms with Crippen LogP contribution in [0.4, 0.5) is 23.5 Å². The van der Waals surface area contributed by atoms with Gasteiger partial charge >= 0.3 is 5.97 Å². The number of benzene rings is 1. The van der Waals surface area contributed by atoms with Crippen molar-refractivity contribution in [2.75, 3.05) is 54.9 Å². The second-order valence-corrected chi connectivity index (χ2v) is 13.1. The number of carbonyl (C=O) groups is 2. The molecule has 3 aliphatic carbocycles. The Morgan fingerprint density at radius 3 is 2.66 bits per heavy atom. The van der Waals surface area contributed by atoms with E-state index in [1.807, 2.05) is 17.6 Å². The van der Waals surface area contributed by atoms with Gasteiger partial charge < -0.3 is 25.1 Å². The van der Waals surface area contributed by atoms with E-state index in [2.05, 4.69) is 47.1 Å². The molecule has 2 bridgehead atoms. The molecule has 3 unspecified atom stereocenters. The number of hydrogen-bond donors (Lipinski definition) is 2. The largest absolute Gasteiger partial charge is 0.481 e. The fraction of sp³-hybridized carbons (Fsp3) is 0.586. The number of carbonyl (C=O) groups excluding carboxylic acids is 1. The SMILES string of the molecule is CN(CC1CCC2CC1C2(C)C)c1nc(Nc2ccc3ncsc3c2)nc(N2CCN(C(=O)CCC(=O)O)CC2)n1. The predicted molar refractivity (Wildman–Crippen MR) is 160 cm³/mol. The molecule has 3 saturated carbocycles. The highest BCUT2D eigenvalue weighted by molar-refractivity contribution is 7.16. The molecule has 0 radical (unpaired) electrons. The van der Waals surface area contributed by atoms with Gasteiger partial charge in [0, 0.05) is 51.9 Å². The predicted octanol–water partition coefficient (Wildman–Crippen LogP) is 4.25. The van der Waals surface area contributed by atoms with Gasteiger partial charge in [-0.2, -0.15) is 15.0 Å². The lowest BCUT2D eigenvalue weighted by Crippen LogP contribution is -2.54. The first-order valence-electron chi connectivity index (χ1n) is 14.5. The Labute approximate surface area is 244 Å². The van der Waals surface area contributed by atoms with Gasteiger partial charge in [0.1, 0.15) is 0 Å². The molecule has 7 rings (SSSR count). The zero-order valence-corrected chi connectivity index (χ0v) is 24.7. The van der Waals surface area contributed by atoms with Crippen LogP contribution in [0.3, 0.4) is 0 Å². The van der Waals surface area contributed by atoms with Gasteiger partial charge in [-0.15, -0.1) is 11.3 Å². The molecule has 218 valence electrons. The van der Waals surface area contributed by atoms with E-state index in [-0.39, 0.29) is 18.7 Å². The lowest BCUT2D eigenvalue weighted by molar-refractivity contribution is -0.141. The van der Waals surface area contributed by atoms with E-state index in [1.165, 1.54) is 19.3 Å². The highest BCUT2D eigenvalue weighted by atomic mass is 32.1. The molecule has 1 aromatic carbocycles. The maximum absolute atomic E-state index is 12.5. The summed E-state index contributed by atoms with van der Waals surface area (Å²) in [4.78, 5) is 48.3. The van der Waals surface area contributed by atoms with Crippen LogP contribution in [0.15, 0.2) is 23.7 Å². The lowest BCUT2D eigenvalue weighted by Gasteiger charge is -2.60. The van der Waals surface area contributed by atoms with Crippen LogP contribution in [0.5, 0.6) is 0 Å². The number of nitrogens with zero attached hydrogens (tertiary/aromatic N) is 7. The Balaban J connectivity index is 1.21. The first-order chi connectivity index (χ1) is 19.7. The number of fused-ring (bicyclic) bond motifs is 3. The van der Waals surface area contributed by atoms with Gasteiger partial charge in [0.2, 0.25) is 23.8 Å². The molecule has 12 heteroatoms. The van der Waals surface area contributed by atoms with Crippen molar-refractivity contribution < 1.29 is 14.7 Å². The van der Waals surface area contributed by atoms with Gasteiger partial charge in [0.15, 0.2) is 0 Å². The highest BCUT2D eigenvalue weighted by Crippen LogP contribution is 2.61. The standard InChI is InChI=1S/C29H38N8O3S/c1-29(2)19-5-4-18(21(29)14-19)16-35(3)27-32-26(31-20-6-7-22-23(15-20)41-17-30-22)33-28(34-27)37-12-10-36(11-13-37)24(38)8-9-25(39)40/h6-7,15,17-19,21H,4-5,8-14,16H2,1-3H3,(H,39,40)(H,31,32,33,34). The van der Waals surface area contributed by atoms with E-state index in [1.54, 1.807) is 16.2 Å². The molecule has 3 heterocycles. The Morgan fingerprint density at radius 1 is 1.12 bits per heavy atom. The second-order valence-electron chi connectivity index (χ2n) is 12.3. The van der Waals surface area contributed by atoms with E-state index in [0.717, 1.165) is 34.3 Å². The summed E-state index contributed by atoms with van der Waals surface area (Å²) in [7, 11) is 2.07. The first-order valence-corrected chi connectivity index (χ1v) is 15.4.